The van der Waals surface area contributed by atoms with Gasteiger partial charge in [-0.05, 0) is 70.2 Å². The van der Waals surface area contributed by atoms with Gasteiger partial charge in [0.25, 0.3) is 0 Å². The smallest absolute Gasteiger partial charge is 0.175 e. The lowest BCUT2D eigenvalue weighted by Crippen LogP contribution is -2.47. The standard InChI is InChI=1S/C12H10I2O3/c13-5-3-6(14)10-9(4-5)16-11-7-1-2-8(15-7)12(11)17-10/h3-4,7-8,11-12H,1-2H2. The highest BCUT2D eigenvalue weighted by Gasteiger charge is 2.54. The lowest BCUT2D eigenvalue weighted by molar-refractivity contribution is 0.0128. The van der Waals surface area contributed by atoms with Gasteiger partial charge in [0.05, 0.1) is 15.8 Å². The Hall–Kier alpha value is 0.240. The highest BCUT2D eigenvalue weighted by molar-refractivity contribution is 14.1. The highest BCUT2D eigenvalue weighted by Crippen LogP contribution is 2.47. The van der Waals surface area contributed by atoms with Gasteiger partial charge in [-0.2, -0.15) is 0 Å². The summed E-state index contributed by atoms with van der Waals surface area (Å²) >= 11 is 4.61. The molecular weight excluding hydrogens is 446 g/mol. The van der Waals surface area contributed by atoms with E-state index in [9.17, 15) is 0 Å². The van der Waals surface area contributed by atoms with Crippen LogP contribution in [0.4, 0.5) is 0 Å². The van der Waals surface area contributed by atoms with Gasteiger partial charge in [0, 0.05) is 3.57 Å². The largest absolute Gasteiger partial charge is 0.480 e. The Morgan fingerprint density at radius 1 is 1.00 bits per heavy atom. The monoisotopic (exact) mass is 456 g/mol. The molecule has 4 rings (SSSR count). The molecule has 2 bridgehead atoms. The zero-order chi connectivity index (χ0) is 11.6. The SMILES string of the molecule is Ic1cc(I)c2c(c1)OC1C3CCC(O3)C1O2. The molecule has 0 aliphatic carbocycles. The molecule has 0 aromatic heterocycles. The second-order valence-corrected chi connectivity index (χ2v) is 7.08. The molecular formula is C12H10I2O3. The van der Waals surface area contributed by atoms with Crippen molar-refractivity contribution in [3.8, 4) is 11.5 Å². The average Bonchev–Trinajstić information content (AvgIpc) is 2.87. The third-order valence-corrected chi connectivity index (χ3v) is 5.06. The number of ether oxygens (including phenoxy) is 3. The Morgan fingerprint density at radius 2 is 1.71 bits per heavy atom. The molecule has 90 valence electrons. The third kappa shape index (κ3) is 1.61. The molecule has 17 heavy (non-hydrogen) atoms. The minimum atomic E-state index is 0.0924. The van der Waals surface area contributed by atoms with E-state index >= 15 is 0 Å². The van der Waals surface area contributed by atoms with Crippen molar-refractivity contribution in [2.75, 3.05) is 0 Å². The van der Waals surface area contributed by atoms with E-state index < -0.39 is 0 Å². The molecule has 4 unspecified atom stereocenters. The molecule has 3 heterocycles. The zero-order valence-corrected chi connectivity index (χ0v) is 13.2. The number of rotatable bonds is 0. The van der Waals surface area contributed by atoms with Crippen molar-refractivity contribution in [2.24, 2.45) is 0 Å². The Kier molecular flexibility index (Phi) is 2.52. The van der Waals surface area contributed by atoms with Crippen LogP contribution in [0.25, 0.3) is 0 Å². The predicted octanol–water partition coefficient (Wildman–Crippen LogP) is 2.97. The number of fused-ring (bicyclic) bond motifs is 6. The van der Waals surface area contributed by atoms with Gasteiger partial charge >= 0.3 is 0 Å². The second kappa shape index (κ2) is 3.86. The van der Waals surface area contributed by atoms with Crippen molar-refractivity contribution >= 4 is 45.2 Å². The van der Waals surface area contributed by atoms with Crippen molar-refractivity contribution in [3.05, 3.63) is 19.3 Å². The molecule has 3 aliphatic rings. The number of hydrogen-bond donors (Lipinski definition) is 0. The quantitative estimate of drug-likeness (QED) is 0.563. The van der Waals surface area contributed by atoms with Crippen LogP contribution in [0, 0.1) is 7.14 Å². The van der Waals surface area contributed by atoms with E-state index in [4.69, 9.17) is 14.2 Å². The summed E-state index contributed by atoms with van der Waals surface area (Å²) in [6, 6.07) is 4.15. The Balaban J connectivity index is 1.78. The first-order valence-electron chi connectivity index (χ1n) is 5.70. The first-order valence-corrected chi connectivity index (χ1v) is 7.86. The summed E-state index contributed by atoms with van der Waals surface area (Å²) in [5.74, 6) is 1.77. The van der Waals surface area contributed by atoms with E-state index in [1.54, 1.807) is 0 Å². The summed E-state index contributed by atoms with van der Waals surface area (Å²) in [5, 5.41) is 0. The topological polar surface area (TPSA) is 27.7 Å². The van der Waals surface area contributed by atoms with Crippen molar-refractivity contribution in [1.82, 2.24) is 0 Å². The Morgan fingerprint density at radius 3 is 2.47 bits per heavy atom. The van der Waals surface area contributed by atoms with Crippen LogP contribution in [-0.4, -0.2) is 24.4 Å². The third-order valence-electron chi connectivity index (χ3n) is 3.63. The van der Waals surface area contributed by atoms with Crippen LogP contribution in [0.2, 0.25) is 0 Å². The summed E-state index contributed by atoms with van der Waals surface area (Å²) in [7, 11) is 0. The molecule has 0 N–H and O–H groups in total. The second-order valence-electron chi connectivity index (χ2n) is 4.67. The van der Waals surface area contributed by atoms with Gasteiger partial charge in [0.1, 0.15) is 0 Å². The van der Waals surface area contributed by atoms with Gasteiger partial charge in [-0.1, -0.05) is 0 Å². The van der Waals surface area contributed by atoms with E-state index in [-0.39, 0.29) is 24.4 Å². The van der Waals surface area contributed by atoms with Gasteiger partial charge in [-0.15, -0.1) is 0 Å². The number of benzene rings is 1. The molecule has 2 saturated heterocycles. The molecule has 0 spiro atoms. The fourth-order valence-electron chi connectivity index (χ4n) is 2.90. The Bertz CT molecular complexity index is 491. The molecule has 3 aliphatic heterocycles. The lowest BCUT2D eigenvalue weighted by Gasteiger charge is -2.34. The zero-order valence-electron chi connectivity index (χ0n) is 8.86. The predicted molar refractivity (Wildman–Crippen MR) is 78.6 cm³/mol. The van der Waals surface area contributed by atoms with Crippen molar-refractivity contribution in [2.45, 2.75) is 37.3 Å². The van der Waals surface area contributed by atoms with Gasteiger partial charge in [-0.3, -0.25) is 0 Å². The van der Waals surface area contributed by atoms with E-state index in [0.29, 0.717) is 0 Å². The maximum atomic E-state index is 6.11. The minimum Gasteiger partial charge on any atom is -0.480 e. The molecule has 5 heteroatoms. The minimum absolute atomic E-state index is 0.0924. The van der Waals surface area contributed by atoms with Crippen LogP contribution in [0.15, 0.2) is 12.1 Å². The molecule has 0 amide bonds. The van der Waals surface area contributed by atoms with Gasteiger partial charge in [0.2, 0.25) is 0 Å². The molecule has 0 radical (unpaired) electrons. The fraction of sp³-hybridized carbons (Fsp3) is 0.500. The molecule has 1 aromatic rings. The maximum absolute atomic E-state index is 6.11. The van der Waals surface area contributed by atoms with E-state index in [1.165, 1.54) is 3.57 Å². The van der Waals surface area contributed by atoms with E-state index in [1.807, 2.05) is 6.07 Å². The van der Waals surface area contributed by atoms with Crippen molar-refractivity contribution < 1.29 is 14.2 Å². The summed E-state index contributed by atoms with van der Waals surface area (Å²) in [4.78, 5) is 0. The van der Waals surface area contributed by atoms with Crippen molar-refractivity contribution in [1.29, 1.82) is 0 Å². The maximum Gasteiger partial charge on any atom is 0.175 e. The number of halogens is 2. The van der Waals surface area contributed by atoms with Gasteiger partial charge < -0.3 is 14.2 Å². The molecule has 0 saturated carbocycles. The molecule has 2 fully saturated rings. The molecule has 1 aromatic carbocycles. The first-order chi connectivity index (χ1) is 8.22. The van der Waals surface area contributed by atoms with Crippen LogP contribution in [-0.2, 0) is 4.74 Å². The lowest BCUT2D eigenvalue weighted by atomic mass is 9.94. The summed E-state index contributed by atoms with van der Waals surface area (Å²) < 4.78 is 20.4. The van der Waals surface area contributed by atoms with Crippen LogP contribution in [0.5, 0.6) is 11.5 Å². The molecule has 4 atom stereocenters. The summed E-state index contributed by atoms with van der Waals surface area (Å²) in [6.07, 6.45) is 2.85. The van der Waals surface area contributed by atoms with Crippen LogP contribution >= 0.6 is 45.2 Å². The average molecular weight is 456 g/mol. The van der Waals surface area contributed by atoms with E-state index in [0.717, 1.165) is 27.9 Å². The van der Waals surface area contributed by atoms with Gasteiger partial charge in [0.15, 0.2) is 23.7 Å². The normalized spacial score (nSPS) is 37.1. The van der Waals surface area contributed by atoms with E-state index in [2.05, 4.69) is 51.2 Å². The van der Waals surface area contributed by atoms with Crippen LogP contribution in [0.3, 0.4) is 0 Å². The number of hydrogen-bond acceptors (Lipinski definition) is 3. The highest BCUT2D eigenvalue weighted by atomic mass is 127. The van der Waals surface area contributed by atoms with Crippen LogP contribution in [0.1, 0.15) is 12.8 Å². The Labute approximate surface area is 126 Å². The summed E-state index contributed by atoms with van der Waals surface area (Å²) in [6.45, 7) is 0. The van der Waals surface area contributed by atoms with Gasteiger partial charge in [-0.25, -0.2) is 0 Å². The molecule has 3 nitrogen and oxygen atoms in total. The summed E-state index contributed by atoms with van der Waals surface area (Å²) in [5.41, 5.74) is 0. The van der Waals surface area contributed by atoms with Crippen molar-refractivity contribution in [3.63, 3.8) is 0 Å². The van der Waals surface area contributed by atoms with Crippen LogP contribution < -0.4 is 9.47 Å². The first kappa shape index (κ1) is 11.1. The fourth-order valence-corrected chi connectivity index (χ4v) is 4.82.